The minimum Gasteiger partial charge on any atom is -0.481 e. The van der Waals surface area contributed by atoms with Crippen molar-refractivity contribution in [2.45, 2.75) is 32.7 Å². The van der Waals surface area contributed by atoms with Gasteiger partial charge in [-0.25, -0.2) is 0 Å². The predicted octanol–water partition coefficient (Wildman–Crippen LogP) is 2.39. The number of amides is 1. The van der Waals surface area contributed by atoms with E-state index in [1.807, 2.05) is 26.0 Å². The molecule has 0 aliphatic rings. The summed E-state index contributed by atoms with van der Waals surface area (Å²) < 4.78 is 5.05. The number of H-pyrrole nitrogens is 1. The second kappa shape index (κ2) is 6.42. The smallest absolute Gasteiger partial charge is 0.305 e. The number of carboxylic acids is 1. The number of aryl methyl sites for hydroxylation is 2. The maximum absolute atomic E-state index is 12.5. The normalized spacial score (nSPS) is 13.7. The zero-order valence-corrected chi connectivity index (χ0v) is 13.8. The first kappa shape index (κ1) is 17.0. The van der Waals surface area contributed by atoms with Crippen LogP contribution in [-0.2, 0) is 9.53 Å². The number of carboxylic acid groups (broad SMARTS) is 1. The molecule has 2 aromatic rings. The number of hydrogen-bond acceptors (Lipinski definition) is 3. The number of rotatable bonds is 6. The Morgan fingerprint density at radius 1 is 1.35 bits per heavy atom. The van der Waals surface area contributed by atoms with Crippen LogP contribution in [0.1, 0.15) is 35.0 Å². The highest BCUT2D eigenvalue weighted by molar-refractivity contribution is 5.99. The van der Waals surface area contributed by atoms with Gasteiger partial charge in [0.05, 0.1) is 18.6 Å². The molecule has 0 radical (unpaired) electrons. The van der Waals surface area contributed by atoms with Crippen LogP contribution in [0.15, 0.2) is 18.2 Å². The van der Waals surface area contributed by atoms with Gasteiger partial charge in [0.1, 0.15) is 5.69 Å². The van der Waals surface area contributed by atoms with E-state index >= 15 is 0 Å². The largest absolute Gasteiger partial charge is 0.481 e. The van der Waals surface area contributed by atoms with Gasteiger partial charge in [0.15, 0.2) is 0 Å². The summed E-state index contributed by atoms with van der Waals surface area (Å²) in [6.07, 6.45) is -0.217. The van der Waals surface area contributed by atoms with Crippen LogP contribution < -0.4 is 5.32 Å². The number of methoxy groups -OCH3 is 1. The van der Waals surface area contributed by atoms with E-state index < -0.39 is 11.5 Å². The molecule has 3 N–H and O–H groups in total. The molecule has 2 rings (SSSR count). The summed E-state index contributed by atoms with van der Waals surface area (Å²) in [5.74, 6) is -1.34. The fourth-order valence-electron chi connectivity index (χ4n) is 2.71. The third-order valence-electron chi connectivity index (χ3n) is 4.01. The van der Waals surface area contributed by atoms with E-state index in [4.69, 9.17) is 9.84 Å². The van der Waals surface area contributed by atoms with E-state index in [1.54, 1.807) is 13.0 Å². The molecule has 124 valence electrons. The SMILES string of the molecule is COCC(C)(CC(=O)O)NC(=O)c1cc2c(C)c(C)ccc2[nH]1. The average molecular weight is 318 g/mol. The van der Waals surface area contributed by atoms with Crippen molar-refractivity contribution in [3.63, 3.8) is 0 Å². The number of aromatic nitrogens is 1. The van der Waals surface area contributed by atoms with E-state index in [0.717, 1.165) is 22.0 Å². The quantitative estimate of drug-likeness (QED) is 0.762. The highest BCUT2D eigenvalue weighted by atomic mass is 16.5. The molecule has 6 nitrogen and oxygen atoms in total. The Bertz CT molecular complexity index is 750. The summed E-state index contributed by atoms with van der Waals surface area (Å²) in [6, 6.07) is 5.72. The molecule has 1 heterocycles. The molecular formula is C17H22N2O4. The third-order valence-corrected chi connectivity index (χ3v) is 4.01. The van der Waals surface area contributed by atoms with Gasteiger partial charge >= 0.3 is 5.97 Å². The summed E-state index contributed by atoms with van der Waals surface area (Å²) in [5.41, 5.74) is 2.58. The highest BCUT2D eigenvalue weighted by Gasteiger charge is 2.30. The van der Waals surface area contributed by atoms with Gasteiger partial charge < -0.3 is 20.1 Å². The maximum Gasteiger partial charge on any atom is 0.305 e. The number of aliphatic carboxylic acids is 1. The number of carbonyl (C=O) groups is 2. The molecular weight excluding hydrogens is 296 g/mol. The first-order chi connectivity index (χ1) is 10.8. The van der Waals surface area contributed by atoms with Gasteiger partial charge in [0.2, 0.25) is 0 Å². The number of aromatic amines is 1. The number of carbonyl (C=O) groups excluding carboxylic acids is 1. The fourth-order valence-corrected chi connectivity index (χ4v) is 2.71. The minimum absolute atomic E-state index is 0.114. The van der Waals surface area contributed by atoms with Crippen molar-refractivity contribution in [3.8, 4) is 0 Å². The first-order valence-electron chi connectivity index (χ1n) is 7.38. The number of nitrogens with one attached hydrogen (secondary N) is 2. The average Bonchev–Trinajstić information content (AvgIpc) is 2.87. The standard InChI is InChI=1S/C17H22N2O4/c1-10-5-6-13-12(11(10)2)7-14(18-13)16(22)19-17(3,9-23-4)8-15(20)21/h5-7,18H,8-9H2,1-4H3,(H,19,22)(H,20,21). The third kappa shape index (κ3) is 3.71. The van der Waals surface area contributed by atoms with E-state index in [0.29, 0.717) is 5.69 Å². The lowest BCUT2D eigenvalue weighted by Crippen LogP contribution is -2.50. The molecule has 1 unspecified atom stereocenters. The van der Waals surface area contributed by atoms with Crippen LogP contribution in [-0.4, -0.2) is 41.2 Å². The molecule has 0 fully saturated rings. The predicted molar refractivity (Wildman–Crippen MR) is 87.8 cm³/mol. The summed E-state index contributed by atoms with van der Waals surface area (Å²) in [7, 11) is 1.47. The molecule has 0 bridgehead atoms. The van der Waals surface area contributed by atoms with Gasteiger partial charge in [-0.3, -0.25) is 9.59 Å². The van der Waals surface area contributed by atoms with Gasteiger partial charge in [-0.2, -0.15) is 0 Å². The Kier molecular flexibility index (Phi) is 4.75. The van der Waals surface area contributed by atoms with Gasteiger partial charge in [-0.1, -0.05) is 6.07 Å². The summed E-state index contributed by atoms with van der Waals surface area (Å²) in [4.78, 5) is 26.6. The fraction of sp³-hybridized carbons (Fsp3) is 0.412. The van der Waals surface area contributed by atoms with Crippen molar-refractivity contribution in [2.24, 2.45) is 0 Å². The molecule has 1 aromatic carbocycles. The van der Waals surface area contributed by atoms with Crippen LogP contribution in [0, 0.1) is 13.8 Å². The summed E-state index contributed by atoms with van der Waals surface area (Å²) in [6.45, 7) is 5.79. The minimum atomic E-state index is -0.993. The Morgan fingerprint density at radius 2 is 2.04 bits per heavy atom. The molecule has 1 aromatic heterocycles. The van der Waals surface area contributed by atoms with Gasteiger partial charge in [-0.15, -0.1) is 0 Å². The van der Waals surface area contributed by atoms with Crippen LogP contribution in [0.2, 0.25) is 0 Å². The number of hydrogen-bond donors (Lipinski definition) is 3. The molecule has 0 saturated carbocycles. The van der Waals surface area contributed by atoms with Crippen LogP contribution >= 0.6 is 0 Å². The lowest BCUT2D eigenvalue weighted by molar-refractivity contribution is -0.139. The van der Waals surface area contributed by atoms with E-state index in [-0.39, 0.29) is 18.9 Å². The molecule has 0 saturated heterocycles. The zero-order valence-electron chi connectivity index (χ0n) is 13.8. The highest BCUT2D eigenvalue weighted by Crippen LogP contribution is 2.23. The van der Waals surface area contributed by atoms with Gasteiger partial charge in [0, 0.05) is 18.0 Å². The Balaban J connectivity index is 2.29. The van der Waals surface area contributed by atoms with Gasteiger partial charge in [0.25, 0.3) is 5.91 Å². The topological polar surface area (TPSA) is 91.4 Å². The molecule has 6 heteroatoms. The second-order valence-electron chi connectivity index (χ2n) is 6.17. The lowest BCUT2D eigenvalue weighted by atomic mass is 9.98. The van der Waals surface area contributed by atoms with Crippen molar-refractivity contribution >= 4 is 22.8 Å². The summed E-state index contributed by atoms with van der Waals surface area (Å²) >= 11 is 0. The maximum atomic E-state index is 12.5. The van der Waals surface area contributed by atoms with Gasteiger partial charge in [-0.05, 0) is 44.0 Å². The van der Waals surface area contributed by atoms with Crippen molar-refractivity contribution in [1.29, 1.82) is 0 Å². The zero-order chi connectivity index (χ0) is 17.2. The van der Waals surface area contributed by atoms with Crippen molar-refractivity contribution < 1.29 is 19.4 Å². The van der Waals surface area contributed by atoms with Crippen LogP contribution in [0.25, 0.3) is 10.9 Å². The Morgan fingerprint density at radius 3 is 2.65 bits per heavy atom. The van der Waals surface area contributed by atoms with Crippen molar-refractivity contribution in [3.05, 3.63) is 35.0 Å². The van der Waals surface area contributed by atoms with Crippen molar-refractivity contribution in [2.75, 3.05) is 13.7 Å². The second-order valence-corrected chi connectivity index (χ2v) is 6.17. The monoisotopic (exact) mass is 318 g/mol. The Hall–Kier alpha value is -2.34. The number of fused-ring (bicyclic) bond motifs is 1. The molecule has 1 amide bonds. The number of benzene rings is 1. The van der Waals surface area contributed by atoms with Crippen molar-refractivity contribution in [1.82, 2.24) is 10.3 Å². The molecule has 1 atom stereocenters. The van der Waals surface area contributed by atoms with E-state index in [1.165, 1.54) is 7.11 Å². The lowest BCUT2D eigenvalue weighted by Gasteiger charge is -2.28. The number of ether oxygens (including phenoxy) is 1. The van der Waals surface area contributed by atoms with Crippen LogP contribution in [0.5, 0.6) is 0 Å². The van der Waals surface area contributed by atoms with E-state index in [9.17, 15) is 9.59 Å². The molecule has 0 aliphatic carbocycles. The van der Waals surface area contributed by atoms with Crippen LogP contribution in [0.4, 0.5) is 0 Å². The Labute approximate surface area is 134 Å². The molecule has 0 spiro atoms. The van der Waals surface area contributed by atoms with Crippen LogP contribution in [0.3, 0.4) is 0 Å². The molecule has 0 aliphatic heterocycles. The first-order valence-corrected chi connectivity index (χ1v) is 7.38. The van der Waals surface area contributed by atoms with E-state index in [2.05, 4.69) is 10.3 Å². The molecule has 23 heavy (non-hydrogen) atoms. The summed E-state index contributed by atoms with van der Waals surface area (Å²) in [5, 5.41) is 12.8.